The van der Waals surface area contributed by atoms with Gasteiger partial charge in [0.15, 0.2) is 0 Å². The lowest BCUT2D eigenvalue weighted by atomic mass is 9.88. The molecule has 0 aromatic heterocycles. The molecule has 2 rings (SSSR count). The molecule has 0 N–H and O–H groups in total. The Bertz CT molecular complexity index is 456. The quantitative estimate of drug-likeness (QED) is 0.658. The van der Waals surface area contributed by atoms with Gasteiger partial charge in [0, 0.05) is 12.8 Å². The van der Waals surface area contributed by atoms with Crippen molar-refractivity contribution in [3.05, 3.63) is 35.4 Å². The Hall–Kier alpha value is -0.800. The first-order valence-electron chi connectivity index (χ1n) is 7.52. The Morgan fingerprint density at radius 3 is 2.25 bits per heavy atom. The second-order valence-corrected chi connectivity index (χ2v) is 6.35. The third kappa shape index (κ3) is 3.26. The summed E-state index contributed by atoms with van der Waals surface area (Å²) < 4.78 is 0. The summed E-state index contributed by atoms with van der Waals surface area (Å²) in [7, 11) is 1.91. The average molecular weight is 290 g/mol. The number of hydrogen-bond donors (Lipinski definition) is 1. The van der Waals surface area contributed by atoms with Gasteiger partial charge in [0.25, 0.3) is 0 Å². The summed E-state index contributed by atoms with van der Waals surface area (Å²) in [5, 5.41) is 0. The van der Waals surface area contributed by atoms with Gasteiger partial charge in [0.1, 0.15) is 0 Å². The third-order valence-corrected chi connectivity index (χ3v) is 4.72. The number of rotatable bonds is 4. The third-order valence-electron chi connectivity index (χ3n) is 4.36. The zero-order valence-electron chi connectivity index (χ0n) is 12.9. The maximum Gasteiger partial charge on any atom is 0.0614 e. The fourth-order valence-corrected chi connectivity index (χ4v) is 3.34. The number of hydrogen-bond acceptors (Lipinski definition) is 3. The predicted molar refractivity (Wildman–Crippen MR) is 91.1 cm³/mol. The molecule has 0 atom stereocenters. The minimum atomic E-state index is -0.00233. The van der Waals surface area contributed by atoms with Gasteiger partial charge in [-0.25, -0.2) is 0 Å². The van der Waals surface area contributed by atoms with Gasteiger partial charge in [0.2, 0.25) is 0 Å². The van der Waals surface area contributed by atoms with Crippen LogP contribution < -0.4 is 0 Å². The molecule has 0 aliphatic carbocycles. The minimum Gasteiger partial charge on any atom is -0.293 e. The molecule has 1 aromatic carbocycles. The number of aliphatic imine (C=N–C) groups is 1. The molecule has 20 heavy (non-hydrogen) atoms. The number of thiol groups is 1. The molecule has 0 spiro atoms. The smallest absolute Gasteiger partial charge is 0.0614 e. The van der Waals surface area contributed by atoms with Crippen LogP contribution in [0.5, 0.6) is 0 Å². The van der Waals surface area contributed by atoms with Gasteiger partial charge in [-0.15, -0.1) is 0 Å². The van der Waals surface area contributed by atoms with Gasteiger partial charge >= 0.3 is 0 Å². The van der Waals surface area contributed by atoms with E-state index in [1.807, 2.05) is 7.05 Å². The average Bonchev–Trinajstić information content (AvgIpc) is 2.49. The number of piperidine rings is 1. The van der Waals surface area contributed by atoms with Crippen molar-refractivity contribution in [2.45, 2.75) is 44.4 Å². The van der Waals surface area contributed by atoms with E-state index in [0.29, 0.717) is 0 Å². The highest BCUT2D eigenvalue weighted by atomic mass is 32.1. The summed E-state index contributed by atoms with van der Waals surface area (Å²) in [6.07, 6.45) is 3.97. The second-order valence-electron chi connectivity index (χ2n) is 6.03. The maximum atomic E-state index is 4.62. The van der Waals surface area contributed by atoms with Crippen LogP contribution in [0.25, 0.3) is 0 Å². The number of likely N-dealkylation sites (tertiary alicyclic amines) is 1. The van der Waals surface area contributed by atoms with Crippen molar-refractivity contribution < 1.29 is 0 Å². The van der Waals surface area contributed by atoms with E-state index >= 15 is 0 Å². The van der Waals surface area contributed by atoms with Crippen LogP contribution in [0.1, 0.15) is 44.2 Å². The Balaban J connectivity index is 2.25. The van der Waals surface area contributed by atoms with E-state index in [2.05, 4.69) is 60.6 Å². The fourth-order valence-electron chi connectivity index (χ4n) is 3.13. The molecule has 1 aromatic rings. The Labute approximate surface area is 128 Å². The normalized spacial score (nSPS) is 18.3. The van der Waals surface area contributed by atoms with E-state index in [1.54, 1.807) is 0 Å². The van der Waals surface area contributed by atoms with E-state index < -0.39 is 0 Å². The molecule has 3 heteroatoms. The van der Waals surface area contributed by atoms with Crippen molar-refractivity contribution in [1.29, 1.82) is 0 Å². The van der Waals surface area contributed by atoms with Crippen LogP contribution in [-0.4, -0.2) is 36.3 Å². The molecule has 1 aliphatic rings. The first-order valence-corrected chi connectivity index (χ1v) is 8.15. The number of benzene rings is 1. The van der Waals surface area contributed by atoms with Crippen LogP contribution in [0, 0.1) is 0 Å². The van der Waals surface area contributed by atoms with Crippen LogP contribution >= 0.6 is 12.6 Å². The first-order chi connectivity index (χ1) is 9.59. The van der Waals surface area contributed by atoms with Crippen LogP contribution in [0.2, 0.25) is 0 Å². The minimum absolute atomic E-state index is 0.00233. The molecule has 1 saturated heterocycles. The van der Waals surface area contributed by atoms with Crippen LogP contribution in [0.15, 0.2) is 29.3 Å². The SMILES string of the molecule is CN=C(c1ccc(CS)cc1)C(C)(C)N1CCCCC1. The van der Waals surface area contributed by atoms with Crippen molar-refractivity contribution >= 4 is 18.3 Å². The monoisotopic (exact) mass is 290 g/mol. The lowest BCUT2D eigenvalue weighted by molar-refractivity contribution is 0.147. The van der Waals surface area contributed by atoms with Crippen molar-refractivity contribution in [2.24, 2.45) is 4.99 Å². The Morgan fingerprint density at radius 2 is 1.75 bits per heavy atom. The van der Waals surface area contributed by atoms with Crippen molar-refractivity contribution in [3.8, 4) is 0 Å². The topological polar surface area (TPSA) is 15.6 Å². The summed E-state index contributed by atoms with van der Waals surface area (Å²) >= 11 is 4.32. The predicted octanol–water partition coefficient (Wildman–Crippen LogP) is 3.80. The molecule has 1 fully saturated rings. The first kappa shape index (κ1) is 15.6. The van der Waals surface area contributed by atoms with Gasteiger partial charge < -0.3 is 0 Å². The molecule has 0 radical (unpaired) electrons. The highest BCUT2D eigenvalue weighted by molar-refractivity contribution is 7.79. The molecule has 0 amide bonds. The van der Waals surface area contributed by atoms with Gasteiger partial charge in [-0.2, -0.15) is 12.6 Å². The lowest BCUT2D eigenvalue weighted by Gasteiger charge is -2.42. The highest BCUT2D eigenvalue weighted by Crippen LogP contribution is 2.25. The molecule has 2 nitrogen and oxygen atoms in total. The van der Waals surface area contributed by atoms with Crippen LogP contribution in [0.4, 0.5) is 0 Å². The van der Waals surface area contributed by atoms with Crippen molar-refractivity contribution in [3.63, 3.8) is 0 Å². The summed E-state index contributed by atoms with van der Waals surface area (Å²) in [4.78, 5) is 7.19. The van der Waals surface area contributed by atoms with Gasteiger partial charge in [-0.1, -0.05) is 30.7 Å². The molecule has 1 aliphatic heterocycles. The molecule has 0 bridgehead atoms. The summed E-state index contributed by atoms with van der Waals surface area (Å²) in [5.41, 5.74) is 3.67. The van der Waals surface area contributed by atoms with Crippen molar-refractivity contribution in [1.82, 2.24) is 4.90 Å². The standard InChI is InChI=1S/C17H26N2S/c1-17(2,19-11-5-4-6-12-19)16(18-3)15-9-7-14(13-20)8-10-15/h7-10,20H,4-6,11-13H2,1-3H3. The number of nitrogens with zero attached hydrogens (tertiary/aromatic N) is 2. The Morgan fingerprint density at radius 1 is 1.15 bits per heavy atom. The maximum absolute atomic E-state index is 4.62. The summed E-state index contributed by atoms with van der Waals surface area (Å²) in [6.45, 7) is 6.96. The zero-order chi connectivity index (χ0) is 14.6. The molecule has 110 valence electrons. The molecule has 0 unspecified atom stereocenters. The molecular formula is C17H26N2S. The van der Waals surface area contributed by atoms with E-state index in [9.17, 15) is 0 Å². The Kier molecular flexibility index (Phi) is 5.28. The van der Waals surface area contributed by atoms with Crippen molar-refractivity contribution in [2.75, 3.05) is 20.1 Å². The summed E-state index contributed by atoms with van der Waals surface area (Å²) in [5.74, 6) is 0.786. The van der Waals surface area contributed by atoms with E-state index in [-0.39, 0.29) is 5.54 Å². The van der Waals surface area contributed by atoms with E-state index in [0.717, 1.165) is 5.75 Å². The van der Waals surface area contributed by atoms with E-state index in [4.69, 9.17) is 0 Å². The summed E-state index contributed by atoms with van der Waals surface area (Å²) in [6, 6.07) is 8.67. The molecular weight excluding hydrogens is 264 g/mol. The second kappa shape index (κ2) is 6.77. The highest BCUT2D eigenvalue weighted by Gasteiger charge is 2.33. The largest absolute Gasteiger partial charge is 0.293 e. The lowest BCUT2D eigenvalue weighted by Crippen LogP contribution is -2.52. The van der Waals surface area contributed by atoms with Gasteiger partial charge in [-0.3, -0.25) is 9.89 Å². The van der Waals surface area contributed by atoms with Gasteiger partial charge in [0.05, 0.1) is 11.3 Å². The van der Waals surface area contributed by atoms with Crippen LogP contribution in [-0.2, 0) is 5.75 Å². The van der Waals surface area contributed by atoms with E-state index in [1.165, 1.54) is 49.2 Å². The zero-order valence-corrected chi connectivity index (χ0v) is 13.8. The van der Waals surface area contributed by atoms with Crippen LogP contribution in [0.3, 0.4) is 0 Å². The van der Waals surface area contributed by atoms with Gasteiger partial charge in [-0.05, 0) is 50.9 Å². The fraction of sp³-hybridized carbons (Fsp3) is 0.588. The molecule has 0 saturated carbocycles. The molecule has 1 heterocycles.